The first kappa shape index (κ1) is 14.9. The van der Waals surface area contributed by atoms with Crippen molar-refractivity contribution in [1.29, 1.82) is 0 Å². The highest BCUT2D eigenvalue weighted by Crippen LogP contribution is 2.40. The Morgan fingerprint density at radius 3 is 1.36 bits per heavy atom. The molecule has 0 atom stereocenters. The first-order valence-electron chi connectivity index (χ1n) is 5.00. The van der Waals surface area contributed by atoms with Gasteiger partial charge in [0.05, 0.1) is 0 Å². The molecule has 0 aliphatic rings. The molecule has 0 rings (SSSR count). The van der Waals surface area contributed by atoms with Gasteiger partial charge in [0.1, 0.15) is 0 Å². The molecule has 86 valence electrons. The van der Waals surface area contributed by atoms with E-state index in [1.54, 1.807) is 0 Å². The lowest BCUT2D eigenvalue weighted by Crippen LogP contribution is -2.56. The highest BCUT2D eigenvalue weighted by Gasteiger charge is 2.46. The molecule has 0 amide bonds. The molecule has 0 N–H and O–H groups in total. The van der Waals surface area contributed by atoms with Crippen molar-refractivity contribution >= 4 is 33.6 Å². The van der Waals surface area contributed by atoms with Gasteiger partial charge in [-0.1, -0.05) is 20.8 Å². The average Bonchev–Trinajstić information content (AvgIpc) is 1.96. The maximum atomic E-state index is 6.27. The summed E-state index contributed by atoms with van der Waals surface area (Å²) in [6.45, 7) is 13.0. The summed E-state index contributed by atoms with van der Waals surface area (Å²) in [4.78, 5) is 0. The zero-order valence-electron chi connectivity index (χ0n) is 10.2. The molecule has 0 spiro atoms. The fourth-order valence-electron chi connectivity index (χ4n) is 1.33. The van der Waals surface area contributed by atoms with E-state index in [0.717, 1.165) is 10.8 Å². The lowest BCUT2D eigenvalue weighted by molar-refractivity contribution is 0.111. The van der Waals surface area contributed by atoms with Crippen molar-refractivity contribution < 1.29 is 4.43 Å². The van der Waals surface area contributed by atoms with Crippen LogP contribution in [0.1, 0.15) is 41.5 Å². The molecule has 0 aromatic carbocycles. The van der Waals surface area contributed by atoms with E-state index in [1.165, 1.54) is 0 Å². The molecule has 0 aromatic rings. The second kappa shape index (κ2) is 4.81. The minimum atomic E-state index is -1.85. The van der Waals surface area contributed by atoms with Crippen LogP contribution in [0.3, 0.4) is 0 Å². The number of hydrogen-bond acceptors (Lipinski definition) is 3. The van der Waals surface area contributed by atoms with Crippen LogP contribution in [0.15, 0.2) is 0 Å². The maximum absolute atomic E-state index is 6.27. The standard InChI is InChI=1S/C10H24OS2Si/c1-9(2,3)11-14(7-12,8-13)10(4,5)6/h12-13H,7-8H2,1-6H3. The second-order valence-corrected chi connectivity index (χ2v) is 12.0. The lowest BCUT2D eigenvalue weighted by Gasteiger charge is -2.44. The van der Waals surface area contributed by atoms with Gasteiger partial charge in [-0.05, 0) is 25.8 Å². The van der Waals surface area contributed by atoms with Crippen molar-refractivity contribution in [2.45, 2.75) is 52.2 Å². The molecule has 4 heteroatoms. The van der Waals surface area contributed by atoms with Crippen LogP contribution in [0.4, 0.5) is 0 Å². The van der Waals surface area contributed by atoms with Crippen LogP contribution in [0, 0.1) is 0 Å². The van der Waals surface area contributed by atoms with Crippen molar-refractivity contribution in [3.8, 4) is 0 Å². The highest BCUT2D eigenvalue weighted by molar-refractivity contribution is 7.85. The largest absolute Gasteiger partial charge is 0.410 e. The normalized spacial score (nSPS) is 14.6. The Kier molecular flexibility index (Phi) is 5.11. The smallest absolute Gasteiger partial charge is 0.217 e. The third-order valence-corrected chi connectivity index (χ3v) is 10.2. The van der Waals surface area contributed by atoms with Gasteiger partial charge in [0.25, 0.3) is 0 Å². The monoisotopic (exact) mass is 252 g/mol. The minimum Gasteiger partial charge on any atom is -0.410 e. The Hall–Kier alpha value is 0.877. The van der Waals surface area contributed by atoms with Crippen molar-refractivity contribution in [2.24, 2.45) is 0 Å². The fraction of sp³-hybridized carbons (Fsp3) is 1.00. The van der Waals surface area contributed by atoms with Crippen LogP contribution >= 0.6 is 25.3 Å². The molecule has 0 aliphatic heterocycles. The van der Waals surface area contributed by atoms with E-state index in [0.29, 0.717) is 0 Å². The van der Waals surface area contributed by atoms with Crippen LogP contribution in [-0.2, 0) is 4.43 Å². The molecule has 0 aromatic heterocycles. The van der Waals surface area contributed by atoms with Gasteiger partial charge in [0.2, 0.25) is 8.32 Å². The maximum Gasteiger partial charge on any atom is 0.217 e. The number of rotatable bonds is 3. The molecule has 0 radical (unpaired) electrons. The van der Waals surface area contributed by atoms with E-state index in [1.807, 2.05) is 0 Å². The van der Waals surface area contributed by atoms with Crippen molar-refractivity contribution in [2.75, 3.05) is 10.8 Å². The van der Waals surface area contributed by atoms with Gasteiger partial charge >= 0.3 is 0 Å². The SMILES string of the molecule is CC(C)(C)O[Si](CS)(CS)C(C)(C)C. The molecular formula is C10H24OS2Si. The lowest BCUT2D eigenvalue weighted by atomic mass is 10.2. The highest BCUT2D eigenvalue weighted by atomic mass is 32.1. The number of thiol groups is 2. The van der Waals surface area contributed by atoms with Gasteiger partial charge in [-0.3, -0.25) is 0 Å². The van der Waals surface area contributed by atoms with E-state index >= 15 is 0 Å². The Balaban J connectivity index is 4.91. The second-order valence-electron chi connectivity index (χ2n) is 5.77. The van der Waals surface area contributed by atoms with E-state index in [9.17, 15) is 0 Å². The Morgan fingerprint density at radius 2 is 1.29 bits per heavy atom. The summed E-state index contributed by atoms with van der Waals surface area (Å²) in [7, 11) is -1.85. The molecule has 0 heterocycles. The first-order valence-corrected chi connectivity index (χ1v) is 8.59. The van der Waals surface area contributed by atoms with Gasteiger partial charge in [0.15, 0.2) is 0 Å². The van der Waals surface area contributed by atoms with E-state index in [2.05, 4.69) is 66.8 Å². The summed E-state index contributed by atoms with van der Waals surface area (Å²) in [5.74, 6) is 0. The zero-order valence-corrected chi connectivity index (χ0v) is 13.0. The Bertz CT molecular complexity index is 178. The third-order valence-electron chi connectivity index (χ3n) is 2.38. The predicted molar refractivity (Wildman–Crippen MR) is 74.0 cm³/mol. The first-order chi connectivity index (χ1) is 6.08. The van der Waals surface area contributed by atoms with E-state index < -0.39 is 8.32 Å². The zero-order chi connectivity index (χ0) is 11.6. The molecule has 0 unspecified atom stereocenters. The summed E-state index contributed by atoms with van der Waals surface area (Å²) in [6, 6.07) is 0. The van der Waals surface area contributed by atoms with Crippen molar-refractivity contribution in [1.82, 2.24) is 0 Å². The fourth-order valence-corrected chi connectivity index (χ4v) is 8.42. The minimum absolute atomic E-state index is 0.0923. The summed E-state index contributed by atoms with van der Waals surface area (Å²) in [6.07, 6.45) is 0. The van der Waals surface area contributed by atoms with Crippen molar-refractivity contribution in [3.63, 3.8) is 0 Å². The molecule has 0 fully saturated rings. The van der Waals surface area contributed by atoms with E-state index in [4.69, 9.17) is 4.43 Å². The van der Waals surface area contributed by atoms with Crippen LogP contribution in [0.5, 0.6) is 0 Å². The average molecular weight is 253 g/mol. The van der Waals surface area contributed by atoms with Crippen molar-refractivity contribution in [3.05, 3.63) is 0 Å². The molecule has 0 bridgehead atoms. The predicted octanol–water partition coefficient (Wildman–Crippen LogP) is 3.49. The summed E-state index contributed by atoms with van der Waals surface area (Å²) in [5.41, 5.74) is -0.0923. The molecular weight excluding hydrogens is 228 g/mol. The van der Waals surface area contributed by atoms with Gasteiger partial charge in [-0.15, -0.1) is 0 Å². The Morgan fingerprint density at radius 1 is 0.929 bits per heavy atom. The topological polar surface area (TPSA) is 9.23 Å². The van der Waals surface area contributed by atoms with Gasteiger partial charge in [0, 0.05) is 16.4 Å². The summed E-state index contributed by atoms with van der Waals surface area (Å²) < 4.78 is 6.27. The molecule has 0 aliphatic carbocycles. The molecule has 14 heavy (non-hydrogen) atoms. The van der Waals surface area contributed by atoms with E-state index in [-0.39, 0.29) is 10.6 Å². The molecule has 0 saturated heterocycles. The Labute approximate surface area is 101 Å². The van der Waals surface area contributed by atoms with Gasteiger partial charge < -0.3 is 4.43 Å². The van der Waals surface area contributed by atoms with Crippen LogP contribution < -0.4 is 0 Å². The molecule has 1 nitrogen and oxygen atoms in total. The third kappa shape index (κ3) is 3.80. The molecule has 0 saturated carbocycles. The summed E-state index contributed by atoms with van der Waals surface area (Å²) >= 11 is 8.95. The quantitative estimate of drug-likeness (QED) is 0.577. The van der Waals surface area contributed by atoms with Crippen LogP contribution in [0.25, 0.3) is 0 Å². The number of hydrogen-bond donors (Lipinski definition) is 2. The van der Waals surface area contributed by atoms with Gasteiger partial charge in [-0.25, -0.2) is 0 Å². The summed E-state index contributed by atoms with van der Waals surface area (Å²) in [5, 5.41) is 1.85. The van der Waals surface area contributed by atoms with Crippen LogP contribution in [-0.4, -0.2) is 24.7 Å². The van der Waals surface area contributed by atoms with Crippen LogP contribution in [0.2, 0.25) is 5.04 Å². The van der Waals surface area contributed by atoms with Gasteiger partial charge in [-0.2, -0.15) is 25.3 Å².